The number of hydrogen-bond acceptors (Lipinski definition) is 4. The minimum Gasteiger partial charge on any atom is -0.373 e. The van der Waals surface area contributed by atoms with Gasteiger partial charge in [-0.2, -0.15) is 0 Å². The fraction of sp³-hybridized carbons (Fsp3) is 0.667. The number of pyridine rings is 1. The third-order valence-corrected chi connectivity index (χ3v) is 4.19. The van der Waals surface area contributed by atoms with Crippen LogP contribution in [-0.2, 0) is 4.74 Å². The van der Waals surface area contributed by atoms with Gasteiger partial charge in [-0.1, -0.05) is 25.7 Å². The molecule has 1 fully saturated rings. The Labute approximate surface area is 119 Å². The molecular formula is C15H24FN3O. The highest BCUT2D eigenvalue weighted by molar-refractivity contribution is 5.21. The van der Waals surface area contributed by atoms with E-state index in [2.05, 4.69) is 10.4 Å². The standard InChI is InChI=1S/C15H24FN3O/c1-2-20-15(8-5-3-4-6-9-15)14(19-17)12-7-10-18-11-13(12)16/h7,10-11,14,19H,2-6,8-9,17H2,1H3. The number of hydrogen-bond donors (Lipinski definition) is 2. The molecule has 1 heterocycles. The zero-order valence-corrected chi connectivity index (χ0v) is 12.1. The highest BCUT2D eigenvalue weighted by atomic mass is 19.1. The Bertz CT molecular complexity index is 419. The summed E-state index contributed by atoms with van der Waals surface area (Å²) in [5, 5.41) is 0. The van der Waals surface area contributed by atoms with Crippen LogP contribution in [0.2, 0.25) is 0 Å². The number of halogens is 1. The van der Waals surface area contributed by atoms with Crippen molar-refractivity contribution in [3.63, 3.8) is 0 Å². The molecule has 0 spiro atoms. The van der Waals surface area contributed by atoms with Crippen molar-refractivity contribution >= 4 is 0 Å². The van der Waals surface area contributed by atoms with Gasteiger partial charge in [-0.25, -0.2) is 9.82 Å². The molecule has 5 heteroatoms. The van der Waals surface area contributed by atoms with Gasteiger partial charge in [0.25, 0.3) is 0 Å². The quantitative estimate of drug-likeness (QED) is 0.495. The minimum atomic E-state index is -0.428. The van der Waals surface area contributed by atoms with E-state index >= 15 is 0 Å². The summed E-state index contributed by atoms with van der Waals surface area (Å²) < 4.78 is 20.2. The number of aromatic nitrogens is 1. The summed E-state index contributed by atoms with van der Waals surface area (Å²) in [5.74, 6) is 5.42. The third-order valence-electron chi connectivity index (χ3n) is 4.19. The highest BCUT2D eigenvalue weighted by Gasteiger charge is 2.41. The van der Waals surface area contributed by atoms with Crippen molar-refractivity contribution < 1.29 is 9.13 Å². The summed E-state index contributed by atoms with van der Waals surface area (Å²) >= 11 is 0. The summed E-state index contributed by atoms with van der Waals surface area (Å²) in [6, 6.07) is 1.34. The first-order valence-corrected chi connectivity index (χ1v) is 7.43. The van der Waals surface area contributed by atoms with Gasteiger partial charge in [-0.15, -0.1) is 0 Å². The largest absolute Gasteiger partial charge is 0.373 e. The first-order chi connectivity index (χ1) is 9.73. The molecule has 2 rings (SSSR count). The molecule has 1 unspecified atom stereocenters. The van der Waals surface area contributed by atoms with Gasteiger partial charge < -0.3 is 4.74 Å². The lowest BCUT2D eigenvalue weighted by molar-refractivity contribution is -0.0789. The molecule has 4 nitrogen and oxygen atoms in total. The van der Waals surface area contributed by atoms with Crippen LogP contribution in [0, 0.1) is 5.82 Å². The van der Waals surface area contributed by atoms with Gasteiger partial charge in [-0.3, -0.25) is 10.8 Å². The maximum absolute atomic E-state index is 14.1. The van der Waals surface area contributed by atoms with E-state index in [1.165, 1.54) is 19.0 Å². The zero-order chi connectivity index (χ0) is 14.4. The third kappa shape index (κ3) is 3.16. The normalized spacial score (nSPS) is 20.4. The molecule has 1 aromatic heterocycles. The van der Waals surface area contributed by atoms with Crippen LogP contribution in [0.25, 0.3) is 0 Å². The van der Waals surface area contributed by atoms with Crippen molar-refractivity contribution in [3.05, 3.63) is 29.8 Å². The van der Waals surface area contributed by atoms with Crippen LogP contribution < -0.4 is 11.3 Å². The highest BCUT2D eigenvalue weighted by Crippen LogP contribution is 2.40. The predicted octanol–water partition coefficient (Wildman–Crippen LogP) is 2.85. The lowest BCUT2D eigenvalue weighted by atomic mass is 9.82. The van der Waals surface area contributed by atoms with Crippen LogP contribution in [0.1, 0.15) is 57.1 Å². The van der Waals surface area contributed by atoms with Crippen LogP contribution >= 0.6 is 0 Å². The summed E-state index contributed by atoms with van der Waals surface area (Å²) in [7, 11) is 0. The lowest BCUT2D eigenvalue weighted by Crippen LogP contribution is -2.48. The molecule has 20 heavy (non-hydrogen) atoms. The molecular weight excluding hydrogens is 257 g/mol. The van der Waals surface area contributed by atoms with Gasteiger partial charge in [0.05, 0.1) is 17.8 Å². The van der Waals surface area contributed by atoms with E-state index in [-0.39, 0.29) is 11.9 Å². The minimum absolute atomic E-state index is 0.334. The van der Waals surface area contributed by atoms with E-state index < -0.39 is 5.60 Å². The van der Waals surface area contributed by atoms with Crippen LogP contribution in [-0.4, -0.2) is 17.2 Å². The number of nitrogens with two attached hydrogens (primary N) is 1. The maximum atomic E-state index is 14.1. The summed E-state index contributed by atoms with van der Waals surface area (Å²) in [5.41, 5.74) is 2.90. The van der Waals surface area contributed by atoms with Gasteiger partial charge in [0.1, 0.15) is 5.82 Å². The number of nitrogens with one attached hydrogen (secondary N) is 1. The lowest BCUT2D eigenvalue weighted by Gasteiger charge is -2.40. The maximum Gasteiger partial charge on any atom is 0.146 e. The Hall–Kier alpha value is -1.04. The summed E-state index contributed by atoms with van der Waals surface area (Å²) in [6.07, 6.45) is 9.20. The molecule has 0 radical (unpaired) electrons. The topological polar surface area (TPSA) is 60.2 Å². The summed E-state index contributed by atoms with van der Waals surface area (Å²) in [6.45, 7) is 2.58. The molecule has 1 saturated carbocycles. The van der Waals surface area contributed by atoms with Crippen LogP contribution in [0.3, 0.4) is 0 Å². The predicted molar refractivity (Wildman–Crippen MR) is 76.3 cm³/mol. The SMILES string of the molecule is CCOC1(C(NN)c2ccncc2F)CCCCCC1. The van der Waals surface area contributed by atoms with Crippen molar-refractivity contribution in [2.45, 2.75) is 57.1 Å². The monoisotopic (exact) mass is 281 g/mol. The number of rotatable bonds is 5. The average molecular weight is 281 g/mol. The average Bonchev–Trinajstić information content (AvgIpc) is 2.69. The molecule has 3 N–H and O–H groups in total. The van der Waals surface area contributed by atoms with Crippen LogP contribution in [0.4, 0.5) is 4.39 Å². The Balaban J connectivity index is 2.36. The fourth-order valence-corrected chi connectivity index (χ4v) is 3.28. The van der Waals surface area contributed by atoms with Gasteiger partial charge >= 0.3 is 0 Å². The molecule has 0 aromatic carbocycles. The molecule has 0 aliphatic heterocycles. The number of nitrogens with zero attached hydrogens (tertiary/aromatic N) is 1. The van der Waals surface area contributed by atoms with Crippen LogP contribution in [0.15, 0.2) is 18.5 Å². The van der Waals surface area contributed by atoms with Crippen LogP contribution in [0.5, 0.6) is 0 Å². The first kappa shape index (κ1) is 15.4. The van der Waals surface area contributed by atoms with Crippen molar-refractivity contribution in [3.8, 4) is 0 Å². The first-order valence-electron chi connectivity index (χ1n) is 7.43. The molecule has 1 aromatic rings. The van der Waals surface area contributed by atoms with Crippen molar-refractivity contribution in [2.75, 3.05) is 6.61 Å². The second-order valence-corrected chi connectivity index (χ2v) is 5.41. The molecule has 0 bridgehead atoms. The second kappa shape index (κ2) is 7.11. The van der Waals surface area contributed by atoms with E-state index in [0.717, 1.165) is 25.7 Å². The van der Waals surface area contributed by atoms with Gasteiger partial charge in [0.15, 0.2) is 0 Å². The molecule has 0 amide bonds. The van der Waals surface area contributed by atoms with Gasteiger partial charge in [0.2, 0.25) is 0 Å². The van der Waals surface area contributed by atoms with E-state index in [1.807, 2.05) is 6.92 Å². The van der Waals surface area contributed by atoms with Crippen molar-refractivity contribution in [2.24, 2.45) is 5.84 Å². The van der Waals surface area contributed by atoms with Gasteiger partial charge in [0, 0.05) is 18.4 Å². The smallest absolute Gasteiger partial charge is 0.146 e. The van der Waals surface area contributed by atoms with Crippen molar-refractivity contribution in [1.29, 1.82) is 0 Å². The Morgan fingerprint density at radius 3 is 2.65 bits per heavy atom. The Morgan fingerprint density at radius 2 is 2.10 bits per heavy atom. The van der Waals surface area contributed by atoms with E-state index in [9.17, 15) is 4.39 Å². The number of ether oxygens (including phenoxy) is 1. The fourth-order valence-electron chi connectivity index (χ4n) is 3.28. The molecule has 112 valence electrons. The molecule has 1 atom stereocenters. The zero-order valence-electron chi connectivity index (χ0n) is 12.1. The molecule has 0 saturated heterocycles. The molecule has 1 aliphatic rings. The van der Waals surface area contributed by atoms with Gasteiger partial charge in [-0.05, 0) is 25.8 Å². The van der Waals surface area contributed by atoms with E-state index in [1.54, 1.807) is 12.3 Å². The number of hydrazine groups is 1. The second-order valence-electron chi connectivity index (χ2n) is 5.41. The van der Waals surface area contributed by atoms with E-state index in [0.29, 0.717) is 12.2 Å². The summed E-state index contributed by atoms with van der Waals surface area (Å²) in [4.78, 5) is 3.81. The Kier molecular flexibility index (Phi) is 5.46. The molecule has 1 aliphatic carbocycles. The van der Waals surface area contributed by atoms with Crippen molar-refractivity contribution in [1.82, 2.24) is 10.4 Å². The van der Waals surface area contributed by atoms with E-state index in [4.69, 9.17) is 10.6 Å². The Morgan fingerprint density at radius 1 is 1.40 bits per heavy atom.